The van der Waals surface area contributed by atoms with Gasteiger partial charge in [0.2, 0.25) is 15.9 Å². The van der Waals surface area contributed by atoms with Crippen LogP contribution in [0.5, 0.6) is 0 Å². The summed E-state index contributed by atoms with van der Waals surface area (Å²) in [6.45, 7) is 6.97. The molecule has 5 nitrogen and oxygen atoms in total. The van der Waals surface area contributed by atoms with Gasteiger partial charge in [-0.05, 0) is 24.5 Å². The standard InChI is InChI=1S/C17H26N2O3S2/c1-4-12-24(21,22)18(5-2)10-11-19-16(20)13-23-17(19)15-9-7-6-8-14(15)3/h6-9,17H,4-5,10-13H2,1-3H3. The maximum atomic E-state index is 12.3. The van der Waals surface area contributed by atoms with Crippen LogP contribution in [-0.2, 0) is 14.8 Å². The van der Waals surface area contributed by atoms with Crippen molar-refractivity contribution < 1.29 is 13.2 Å². The first-order valence-electron chi connectivity index (χ1n) is 8.35. The molecule has 0 spiro atoms. The van der Waals surface area contributed by atoms with E-state index < -0.39 is 10.0 Å². The Morgan fingerprint density at radius 3 is 2.62 bits per heavy atom. The Hall–Kier alpha value is -1.05. The number of carbonyl (C=O) groups excluding carboxylic acids is 1. The van der Waals surface area contributed by atoms with Crippen LogP contribution in [0.15, 0.2) is 24.3 Å². The van der Waals surface area contributed by atoms with Crippen molar-refractivity contribution in [3.8, 4) is 0 Å². The Morgan fingerprint density at radius 2 is 2.00 bits per heavy atom. The lowest BCUT2D eigenvalue weighted by Crippen LogP contribution is -2.40. The van der Waals surface area contributed by atoms with E-state index in [0.29, 0.717) is 31.8 Å². The highest BCUT2D eigenvalue weighted by atomic mass is 32.2. The number of hydrogen-bond donors (Lipinski definition) is 0. The zero-order chi connectivity index (χ0) is 17.7. The minimum absolute atomic E-state index is 0.0220. The molecule has 0 aliphatic carbocycles. The van der Waals surface area contributed by atoms with Gasteiger partial charge in [-0.25, -0.2) is 12.7 Å². The fourth-order valence-corrected chi connectivity index (χ4v) is 5.76. The minimum atomic E-state index is -3.23. The summed E-state index contributed by atoms with van der Waals surface area (Å²) in [4.78, 5) is 14.1. The highest BCUT2D eigenvalue weighted by Gasteiger charge is 2.34. The van der Waals surface area contributed by atoms with Crippen LogP contribution < -0.4 is 0 Å². The number of likely N-dealkylation sites (N-methyl/N-ethyl adjacent to an activating group) is 1. The molecule has 0 aromatic heterocycles. The van der Waals surface area contributed by atoms with Gasteiger partial charge in [0.25, 0.3) is 0 Å². The van der Waals surface area contributed by atoms with Gasteiger partial charge in [0, 0.05) is 19.6 Å². The number of benzene rings is 1. The Morgan fingerprint density at radius 1 is 1.29 bits per heavy atom. The summed E-state index contributed by atoms with van der Waals surface area (Å²) in [5.74, 6) is 0.689. The minimum Gasteiger partial charge on any atom is -0.324 e. The summed E-state index contributed by atoms with van der Waals surface area (Å²) in [5.41, 5.74) is 2.29. The van der Waals surface area contributed by atoms with Gasteiger partial charge < -0.3 is 4.90 Å². The van der Waals surface area contributed by atoms with Crippen LogP contribution in [0.3, 0.4) is 0 Å². The van der Waals surface area contributed by atoms with Crippen LogP contribution in [0.25, 0.3) is 0 Å². The van der Waals surface area contributed by atoms with Crippen molar-refractivity contribution in [2.45, 2.75) is 32.6 Å². The topological polar surface area (TPSA) is 57.7 Å². The number of thioether (sulfide) groups is 1. The van der Waals surface area contributed by atoms with E-state index in [1.165, 1.54) is 4.31 Å². The Labute approximate surface area is 149 Å². The average Bonchev–Trinajstić information content (AvgIpc) is 2.89. The molecule has 1 aliphatic heterocycles. The molecule has 7 heteroatoms. The molecule has 1 aromatic carbocycles. The molecule has 1 amide bonds. The molecule has 0 bridgehead atoms. The second-order valence-electron chi connectivity index (χ2n) is 5.91. The summed E-state index contributed by atoms with van der Waals surface area (Å²) in [7, 11) is -3.23. The SMILES string of the molecule is CCCS(=O)(=O)N(CC)CCN1C(=O)CSC1c1ccccc1C. The van der Waals surface area contributed by atoms with Gasteiger partial charge in [-0.15, -0.1) is 11.8 Å². The third-order valence-corrected chi connectivity index (χ3v) is 7.61. The molecule has 2 rings (SSSR count). The van der Waals surface area contributed by atoms with Crippen molar-refractivity contribution in [2.75, 3.05) is 31.1 Å². The van der Waals surface area contributed by atoms with E-state index in [9.17, 15) is 13.2 Å². The molecule has 0 N–H and O–H groups in total. The predicted molar refractivity (Wildman–Crippen MR) is 99.4 cm³/mol. The van der Waals surface area contributed by atoms with Gasteiger partial charge in [-0.1, -0.05) is 38.1 Å². The fraction of sp³-hybridized carbons (Fsp3) is 0.588. The van der Waals surface area contributed by atoms with Crippen LogP contribution in [0.2, 0.25) is 0 Å². The van der Waals surface area contributed by atoms with Crippen molar-refractivity contribution in [3.63, 3.8) is 0 Å². The van der Waals surface area contributed by atoms with E-state index >= 15 is 0 Å². The zero-order valence-corrected chi connectivity index (χ0v) is 16.2. The van der Waals surface area contributed by atoms with E-state index in [0.717, 1.165) is 11.1 Å². The predicted octanol–water partition coefficient (Wildman–Crippen LogP) is 2.63. The molecule has 134 valence electrons. The number of nitrogens with zero attached hydrogens (tertiary/aromatic N) is 2. The smallest absolute Gasteiger partial charge is 0.233 e. The second kappa shape index (κ2) is 8.36. The Bertz CT molecular complexity index is 676. The average molecular weight is 371 g/mol. The lowest BCUT2D eigenvalue weighted by Gasteiger charge is -2.28. The fourth-order valence-electron chi connectivity index (χ4n) is 2.92. The van der Waals surface area contributed by atoms with E-state index in [1.54, 1.807) is 11.8 Å². The van der Waals surface area contributed by atoms with E-state index in [4.69, 9.17) is 0 Å². The Kier molecular flexibility index (Phi) is 6.71. The van der Waals surface area contributed by atoms with Gasteiger partial charge in [-0.2, -0.15) is 0 Å². The second-order valence-corrected chi connectivity index (χ2v) is 9.07. The molecule has 24 heavy (non-hydrogen) atoms. The van der Waals surface area contributed by atoms with Gasteiger partial charge >= 0.3 is 0 Å². The third kappa shape index (κ3) is 4.32. The van der Waals surface area contributed by atoms with E-state index in [1.807, 2.05) is 49.9 Å². The molecule has 1 atom stereocenters. The number of hydrogen-bond acceptors (Lipinski definition) is 4. The highest BCUT2D eigenvalue weighted by Crippen LogP contribution is 2.39. The summed E-state index contributed by atoms with van der Waals surface area (Å²) >= 11 is 1.61. The van der Waals surface area contributed by atoms with Crippen molar-refractivity contribution in [1.29, 1.82) is 0 Å². The van der Waals surface area contributed by atoms with Crippen LogP contribution in [0.1, 0.15) is 36.8 Å². The van der Waals surface area contributed by atoms with Crippen molar-refractivity contribution >= 4 is 27.7 Å². The third-order valence-electron chi connectivity index (χ3n) is 4.22. The lowest BCUT2D eigenvalue weighted by atomic mass is 10.1. The lowest BCUT2D eigenvalue weighted by molar-refractivity contribution is -0.128. The number of carbonyl (C=O) groups is 1. The molecule has 1 saturated heterocycles. The summed E-state index contributed by atoms with van der Waals surface area (Å²) in [5, 5.41) is -0.0220. The van der Waals surface area contributed by atoms with E-state index in [-0.39, 0.29) is 17.0 Å². The summed E-state index contributed by atoms with van der Waals surface area (Å²) in [6, 6.07) is 8.06. The van der Waals surface area contributed by atoms with Crippen molar-refractivity contribution in [2.24, 2.45) is 0 Å². The van der Waals surface area contributed by atoms with Gasteiger partial charge in [0.05, 0.1) is 11.5 Å². The molecule has 1 unspecified atom stereocenters. The molecular formula is C17H26N2O3S2. The first-order valence-corrected chi connectivity index (χ1v) is 11.0. The molecule has 0 radical (unpaired) electrons. The van der Waals surface area contributed by atoms with Crippen molar-refractivity contribution in [1.82, 2.24) is 9.21 Å². The maximum absolute atomic E-state index is 12.3. The normalized spacial score (nSPS) is 18.6. The molecular weight excluding hydrogens is 344 g/mol. The Balaban J connectivity index is 2.12. The number of sulfonamides is 1. The largest absolute Gasteiger partial charge is 0.324 e. The van der Waals surface area contributed by atoms with Crippen LogP contribution in [0.4, 0.5) is 0 Å². The summed E-state index contributed by atoms with van der Waals surface area (Å²) in [6.07, 6.45) is 0.600. The van der Waals surface area contributed by atoms with Crippen LogP contribution in [0, 0.1) is 6.92 Å². The van der Waals surface area contributed by atoms with Crippen molar-refractivity contribution in [3.05, 3.63) is 35.4 Å². The highest BCUT2D eigenvalue weighted by molar-refractivity contribution is 8.00. The van der Waals surface area contributed by atoms with Crippen LogP contribution in [-0.4, -0.2) is 54.7 Å². The molecule has 1 aromatic rings. The molecule has 1 aliphatic rings. The van der Waals surface area contributed by atoms with Gasteiger partial charge in [0.15, 0.2) is 0 Å². The zero-order valence-electron chi connectivity index (χ0n) is 14.6. The van der Waals surface area contributed by atoms with Gasteiger partial charge in [0.1, 0.15) is 5.37 Å². The maximum Gasteiger partial charge on any atom is 0.233 e. The first kappa shape index (κ1) is 19.3. The monoisotopic (exact) mass is 370 g/mol. The molecule has 1 fully saturated rings. The molecule has 0 saturated carbocycles. The van der Waals surface area contributed by atoms with E-state index in [2.05, 4.69) is 0 Å². The molecule has 1 heterocycles. The van der Waals surface area contributed by atoms with Crippen LogP contribution >= 0.6 is 11.8 Å². The first-order chi connectivity index (χ1) is 11.4. The number of amides is 1. The number of aryl methyl sites for hydroxylation is 1. The summed E-state index contributed by atoms with van der Waals surface area (Å²) < 4.78 is 26.0. The number of rotatable bonds is 8. The quantitative estimate of drug-likeness (QED) is 0.706. The van der Waals surface area contributed by atoms with Gasteiger partial charge in [-0.3, -0.25) is 4.79 Å².